The summed E-state index contributed by atoms with van der Waals surface area (Å²) in [6.45, 7) is 4.21. The van der Waals surface area contributed by atoms with Gasteiger partial charge in [0.05, 0.1) is 6.61 Å². The summed E-state index contributed by atoms with van der Waals surface area (Å²) < 4.78 is 0. The second kappa shape index (κ2) is 5.23. The minimum atomic E-state index is 0.0976. The number of anilines is 2. The van der Waals surface area contributed by atoms with Crippen molar-refractivity contribution in [3.05, 3.63) is 59.2 Å². The van der Waals surface area contributed by atoms with Crippen LogP contribution in [0.5, 0.6) is 0 Å². The van der Waals surface area contributed by atoms with Crippen molar-refractivity contribution in [3.8, 4) is 0 Å². The number of aliphatic hydroxyl groups is 1. The molecule has 0 saturated carbocycles. The van der Waals surface area contributed by atoms with Crippen LogP contribution in [-0.4, -0.2) is 12.2 Å². The van der Waals surface area contributed by atoms with Gasteiger partial charge in [0.2, 0.25) is 0 Å². The zero-order valence-electron chi connectivity index (χ0n) is 11.1. The highest BCUT2D eigenvalue weighted by Gasteiger charge is 2.05. The summed E-state index contributed by atoms with van der Waals surface area (Å²) in [5.41, 5.74) is 5.66. The molecule has 0 aromatic heterocycles. The Bertz CT molecular complexity index is 531. The van der Waals surface area contributed by atoms with Crippen LogP contribution in [0.25, 0.3) is 0 Å². The minimum Gasteiger partial charge on any atom is -0.392 e. The first-order chi connectivity index (χ1) is 8.61. The van der Waals surface area contributed by atoms with E-state index in [2.05, 4.69) is 49.2 Å². The smallest absolute Gasteiger partial charge is 0.0684 e. The van der Waals surface area contributed by atoms with E-state index in [0.29, 0.717) is 0 Å². The summed E-state index contributed by atoms with van der Waals surface area (Å²) in [7, 11) is 2.05. The topological polar surface area (TPSA) is 23.5 Å². The molecule has 0 bridgehead atoms. The van der Waals surface area contributed by atoms with Crippen LogP contribution < -0.4 is 4.90 Å². The summed E-state index contributed by atoms with van der Waals surface area (Å²) in [4.78, 5) is 2.15. The third-order valence-corrected chi connectivity index (χ3v) is 3.31. The van der Waals surface area contributed by atoms with E-state index >= 15 is 0 Å². The standard InChI is InChI=1S/C16H19NO/c1-12-4-7-15(8-5-12)17(3)16-9-6-14(11-18)13(2)10-16/h4-10,18H,11H2,1-3H3. The number of benzene rings is 2. The van der Waals surface area contributed by atoms with Crippen LogP contribution in [0.15, 0.2) is 42.5 Å². The molecule has 2 rings (SSSR count). The normalized spacial score (nSPS) is 10.4. The van der Waals surface area contributed by atoms with Gasteiger partial charge in [-0.15, -0.1) is 0 Å². The van der Waals surface area contributed by atoms with Crippen LogP contribution in [0.3, 0.4) is 0 Å². The van der Waals surface area contributed by atoms with Crippen molar-refractivity contribution in [1.82, 2.24) is 0 Å². The number of rotatable bonds is 3. The van der Waals surface area contributed by atoms with E-state index in [1.165, 1.54) is 5.56 Å². The average molecular weight is 241 g/mol. The van der Waals surface area contributed by atoms with Gasteiger partial charge in [-0.05, 0) is 49.2 Å². The SMILES string of the molecule is Cc1ccc(N(C)c2ccc(CO)c(C)c2)cc1. The number of hydrogen-bond donors (Lipinski definition) is 1. The Morgan fingerprint density at radius 3 is 2.11 bits per heavy atom. The third-order valence-electron chi connectivity index (χ3n) is 3.31. The molecule has 0 aliphatic rings. The Morgan fingerprint density at radius 2 is 1.56 bits per heavy atom. The highest BCUT2D eigenvalue weighted by molar-refractivity contribution is 5.63. The molecular weight excluding hydrogens is 222 g/mol. The van der Waals surface area contributed by atoms with Crippen molar-refractivity contribution in [2.45, 2.75) is 20.5 Å². The van der Waals surface area contributed by atoms with Crippen molar-refractivity contribution < 1.29 is 5.11 Å². The minimum absolute atomic E-state index is 0.0976. The fourth-order valence-corrected chi connectivity index (χ4v) is 1.98. The molecule has 0 atom stereocenters. The van der Waals surface area contributed by atoms with Crippen LogP contribution in [0.4, 0.5) is 11.4 Å². The van der Waals surface area contributed by atoms with E-state index in [1.807, 2.05) is 19.1 Å². The Labute approximate surface area is 109 Å². The van der Waals surface area contributed by atoms with Crippen molar-refractivity contribution in [3.63, 3.8) is 0 Å². The summed E-state index contributed by atoms with van der Waals surface area (Å²) in [5.74, 6) is 0. The molecule has 2 aromatic carbocycles. The van der Waals surface area contributed by atoms with E-state index in [0.717, 1.165) is 22.5 Å². The molecule has 0 saturated heterocycles. The van der Waals surface area contributed by atoms with Crippen LogP contribution in [0.2, 0.25) is 0 Å². The number of hydrogen-bond acceptors (Lipinski definition) is 2. The summed E-state index contributed by atoms with van der Waals surface area (Å²) in [6, 6.07) is 14.6. The first-order valence-electron chi connectivity index (χ1n) is 6.12. The summed E-state index contributed by atoms with van der Waals surface area (Å²) >= 11 is 0. The molecule has 0 heterocycles. The van der Waals surface area contributed by atoms with Gasteiger partial charge in [0.25, 0.3) is 0 Å². The predicted octanol–water partition coefficient (Wildman–Crippen LogP) is 3.56. The second-order valence-corrected chi connectivity index (χ2v) is 4.66. The quantitative estimate of drug-likeness (QED) is 0.888. The van der Waals surface area contributed by atoms with Crippen LogP contribution in [0.1, 0.15) is 16.7 Å². The molecule has 0 spiro atoms. The molecule has 2 aromatic rings. The maximum absolute atomic E-state index is 9.18. The fourth-order valence-electron chi connectivity index (χ4n) is 1.98. The van der Waals surface area contributed by atoms with Gasteiger partial charge in [0, 0.05) is 18.4 Å². The molecule has 0 aliphatic heterocycles. The van der Waals surface area contributed by atoms with Gasteiger partial charge in [-0.1, -0.05) is 23.8 Å². The predicted molar refractivity (Wildman–Crippen MR) is 76.3 cm³/mol. The molecule has 2 nitrogen and oxygen atoms in total. The average Bonchev–Trinajstić information content (AvgIpc) is 2.38. The molecule has 1 N–H and O–H groups in total. The summed E-state index contributed by atoms with van der Waals surface area (Å²) in [6.07, 6.45) is 0. The van der Waals surface area contributed by atoms with Crippen molar-refractivity contribution in [2.24, 2.45) is 0 Å². The van der Waals surface area contributed by atoms with E-state index in [4.69, 9.17) is 0 Å². The highest BCUT2D eigenvalue weighted by Crippen LogP contribution is 2.25. The van der Waals surface area contributed by atoms with Crippen molar-refractivity contribution >= 4 is 11.4 Å². The lowest BCUT2D eigenvalue weighted by molar-refractivity contribution is 0.281. The maximum atomic E-state index is 9.18. The monoisotopic (exact) mass is 241 g/mol. The molecular formula is C16H19NO. The summed E-state index contributed by atoms with van der Waals surface area (Å²) in [5, 5.41) is 9.18. The lowest BCUT2D eigenvalue weighted by atomic mass is 10.1. The fraction of sp³-hybridized carbons (Fsp3) is 0.250. The van der Waals surface area contributed by atoms with Gasteiger partial charge in [-0.25, -0.2) is 0 Å². The van der Waals surface area contributed by atoms with Crippen molar-refractivity contribution in [2.75, 3.05) is 11.9 Å². The van der Waals surface area contributed by atoms with Crippen LogP contribution in [0, 0.1) is 13.8 Å². The van der Waals surface area contributed by atoms with E-state index in [-0.39, 0.29) is 6.61 Å². The lowest BCUT2D eigenvalue weighted by Crippen LogP contribution is -2.09. The third kappa shape index (κ3) is 2.54. The Kier molecular flexibility index (Phi) is 3.68. The Morgan fingerprint density at radius 1 is 0.944 bits per heavy atom. The Hall–Kier alpha value is -1.80. The van der Waals surface area contributed by atoms with Crippen LogP contribution in [-0.2, 0) is 6.61 Å². The molecule has 18 heavy (non-hydrogen) atoms. The van der Waals surface area contributed by atoms with E-state index < -0.39 is 0 Å². The lowest BCUT2D eigenvalue weighted by Gasteiger charge is -2.21. The first-order valence-corrected chi connectivity index (χ1v) is 6.12. The first kappa shape index (κ1) is 12.7. The van der Waals surface area contributed by atoms with Gasteiger partial charge < -0.3 is 10.0 Å². The van der Waals surface area contributed by atoms with Gasteiger partial charge in [-0.2, -0.15) is 0 Å². The van der Waals surface area contributed by atoms with Crippen molar-refractivity contribution in [1.29, 1.82) is 0 Å². The van der Waals surface area contributed by atoms with Gasteiger partial charge >= 0.3 is 0 Å². The number of aliphatic hydroxyl groups excluding tert-OH is 1. The molecule has 0 fully saturated rings. The number of nitrogens with zero attached hydrogens (tertiary/aromatic N) is 1. The maximum Gasteiger partial charge on any atom is 0.0684 e. The molecule has 0 aliphatic carbocycles. The molecule has 0 unspecified atom stereocenters. The van der Waals surface area contributed by atoms with Gasteiger partial charge in [-0.3, -0.25) is 0 Å². The van der Waals surface area contributed by atoms with Gasteiger partial charge in [0.1, 0.15) is 0 Å². The Balaban J connectivity index is 2.31. The largest absolute Gasteiger partial charge is 0.392 e. The second-order valence-electron chi connectivity index (χ2n) is 4.66. The van der Waals surface area contributed by atoms with E-state index in [9.17, 15) is 5.11 Å². The zero-order chi connectivity index (χ0) is 13.1. The van der Waals surface area contributed by atoms with Gasteiger partial charge in [0.15, 0.2) is 0 Å². The molecule has 0 amide bonds. The highest BCUT2D eigenvalue weighted by atomic mass is 16.3. The zero-order valence-corrected chi connectivity index (χ0v) is 11.1. The molecule has 94 valence electrons. The molecule has 2 heteroatoms. The van der Waals surface area contributed by atoms with E-state index in [1.54, 1.807) is 0 Å². The van der Waals surface area contributed by atoms with Crippen LogP contribution >= 0.6 is 0 Å². The molecule has 0 radical (unpaired) electrons. The number of aryl methyl sites for hydroxylation is 2.